The second-order valence-corrected chi connectivity index (χ2v) is 5.83. The van der Waals surface area contributed by atoms with Crippen molar-refractivity contribution in [2.45, 2.75) is 52.6 Å². The van der Waals surface area contributed by atoms with Gasteiger partial charge in [-0.1, -0.05) is 32.1 Å². The molecule has 2 rings (SSSR count). The first-order chi connectivity index (χ1) is 7.49. The Bertz CT molecular complexity index is 328. The van der Waals surface area contributed by atoms with Crippen LogP contribution in [-0.4, -0.2) is 11.2 Å². The first kappa shape index (κ1) is 11.9. The highest BCUT2D eigenvalue weighted by Crippen LogP contribution is 2.59. The van der Waals surface area contributed by atoms with Crippen molar-refractivity contribution < 1.29 is 5.11 Å². The summed E-state index contributed by atoms with van der Waals surface area (Å²) in [6, 6.07) is 0. The van der Waals surface area contributed by atoms with Gasteiger partial charge in [-0.25, -0.2) is 0 Å². The number of rotatable bonds is 3. The second-order valence-electron chi connectivity index (χ2n) is 5.83. The Morgan fingerprint density at radius 2 is 2.31 bits per heavy atom. The molecule has 0 aromatic heterocycles. The quantitative estimate of drug-likeness (QED) is 0.719. The van der Waals surface area contributed by atoms with Crippen molar-refractivity contribution in [1.82, 2.24) is 0 Å². The summed E-state index contributed by atoms with van der Waals surface area (Å²) in [6.45, 7) is 10.7. The molecule has 2 fully saturated rings. The molecule has 0 amide bonds. The molecule has 0 heterocycles. The zero-order valence-corrected chi connectivity index (χ0v) is 10.8. The van der Waals surface area contributed by atoms with E-state index in [1.54, 1.807) is 0 Å². The molecule has 2 bridgehead atoms. The third-order valence-electron chi connectivity index (χ3n) is 4.91. The fourth-order valence-electron chi connectivity index (χ4n) is 3.65. The highest BCUT2D eigenvalue weighted by atomic mass is 16.3. The van der Waals surface area contributed by atoms with Gasteiger partial charge in [0.15, 0.2) is 0 Å². The van der Waals surface area contributed by atoms with Gasteiger partial charge < -0.3 is 5.11 Å². The standard InChI is InChI=1S/C15H24O/c1-5-14(16)10(2)9-15(4)11(3)12-6-7-13(15)8-12/h9,12-14,16H,3,5-8H2,1-2,4H3. The summed E-state index contributed by atoms with van der Waals surface area (Å²) in [4.78, 5) is 0. The smallest absolute Gasteiger partial charge is 0.0745 e. The normalized spacial score (nSPS) is 40.5. The maximum absolute atomic E-state index is 9.86. The first-order valence-corrected chi connectivity index (χ1v) is 6.55. The molecule has 4 unspecified atom stereocenters. The third-order valence-corrected chi connectivity index (χ3v) is 4.91. The molecule has 0 aromatic rings. The molecule has 0 radical (unpaired) electrons. The average Bonchev–Trinajstić information content (AvgIpc) is 2.82. The van der Waals surface area contributed by atoms with Crippen molar-refractivity contribution in [2.75, 3.05) is 0 Å². The number of allylic oxidation sites excluding steroid dienone is 2. The molecule has 0 aromatic carbocycles. The van der Waals surface area contributed by atoms with E-state index in [4.69, 9.17) is 0 Å². The minimum Gasteiger partial charge on any atom is -0.389 e. The predicted octanol–water partition coefficient (Wildman–Crippen LogP) is 3.70. The molecule has 16 heavy (non-hydrogen) atoms. The lowest BCUT2D eigenvalue weighted by Gasteiger charge is -2.34. The van der Waals surface area contributed by atoms with E-state index in [2.05, 4.69) is 26.5 Å². The average molecular weight is 220 g/mol. The molecule has 2 saturated carbocycles. The van der Waals surface area contributed by atoms with Gasteiger partial charge >= 0.3 is 0 Å². The maximum Gasteiger partial charge on any atom is 0.0745 e. The van der Waals surface area contributed by atoms with E-state index >= 15 is 0 Å². The van der Waals surface area contributed by atoms with Crippen LogP contribution in [0, 0.1) is 17.3 Å². The lowest BCUT2D eigenvalue weighted by Crippen LogP contribution is -2.25. The number of hydrogen-bond donors (Lipinski definition) is 1. The van der Waals surface area contributed by atoms with Crippen LogP contribution in [0.15, 0.2) is 23.8 Å². The van der Waals surface area contributed by atoms with Gasteiger partial charge in [0.2, 0.25) is 0 Å². The summed E-state index contributed by atoms with van der Waals surface area (Å²) in [6.07, 6.45) is 6.83. The molecule has 90 valence electrons. The van der Waals surface area contributed by atoms with Crippen LogP contribution in [0.25, 0.3) is 0 Å². The number of aliphatic hydroxyl groups is 1. The van der Waals surface area contributed by atoms with E-state index < -0.39 is 0 Å². The Hall–Kier alpha value is -0.560. The Morgan fingerprint density at radius 1 is 1.62 bits per heavy atom. The molecule has 0 spiro atoms. The fraction of sp³-hybridized carbons (Fsp3) is 0.733. The lowest BCUT2D eigenvalue weighted by atomic mass is 9.70. The fourth-order valence-corrected chi connectivity index (χ4v) is 3.65. The summed E-state index contributed by atoms with van der Waals surface area (Å²) >= 11 is 0. The highest BCUT2D eigenvalue weighted by molar-refractivity contribution is 5.32. The second kappa shape index (κ2) is 4.03. The van der Waals surface area contributed by atoms with Crippen molar-refractivity contribution in [3.8, 4) is 0 Å². The van der Waals surface area contributed by atoms with Crippen molar-refractivity contribution >= 4 is 0 Å². The van der Waals surface area contributed by atoms with E-state index in [1.807, 2.05) is 6.92 Å². The molecular weight excluding hydrogens is 196 g/mol. The van der Waals surface area contributed by atoms with Gasteiger partial charge in [0.1, 0.15) is 0 Å². The minimum absolute atomic E-state index is 0.156. The van der Waals surface area contributed by atoms with Crippen LogP contribution in [0.1, 0.15) is 46.5 Å². The van der Waals surface area contributed by atoms with Crippen LogP contribution in [0.5, 0.6) is 0 Å². The third kappa shape index (κ3) is 1.66. The van der Waals surface area contributed by atoms with Gasteiger partial charge in [0, 0.05) is 5.41 Å². The summed E-state index contributed by atoms with van der Waals surface area (Å²) < 4.78 is 0. The van der Waals surface area contributed by atoms with Gasteiger partial charge in [0.05, 0.1) is 6.10 Å². The molecule has 1 heteroatoms. The van der Waals surface area contributed by atoms with Crippen molar-refractivity contribution in [3.63, 3.8) is 0 Å². The van der Waals surface area contributed by atoms with Gasteiger partial charge in [-0.3, -0.25) is 0 Å². The van der Waals surface area contributed by atoms with Crippen LogP contribution in [-0.2, 0) is 0 Å². The Balaban J connectivity index is 2.23. The largest absolute Gasteiger partial charge is 0.389 e. The summed E-state index contributed by atoms with van der Waals surface area (Å²) in [7, 11) is 0. The summed E-state index contributed by atoms with van der Waals surface area (Å²) in [5.74, 6) is 1.52. The zero-order chi connectivity index (χ0) is 11.9. The van der Waals surface area contributed by atoms with E-state index in [9.17, 15) is 5.11 Å². The van der Waals surface area contributed by atoms with E-state index in [1.165, 1.54) is 24.8 Å². The zero-order valence-electron chi connectivity index (χ0n) is 10.8. The van der Waals surface area contributed by atoms with Crippen LogP contribution in [0.4, 0.5) is 0 Å². The van der Waals surface area contributed by atoms with E-state index in [0.29, 0.717) is 0 Å². The Labute approximate surface area is 99.3 Å². The molecule has 2 aliphatic carbocycles. The van der Waals surface area contributed by atoms with Crippen molar-refractivity contribution in [2.24, 2.45) is 17.3 Å². The first-order valence-electron chi connectivity index (χ1n) is 6.55. The topological polar surface area (TPSA) is 20.2 Å². The SMILES string of the molecule is C=C1C2CCC(C2)C1(C)C=C(C)C(O)CC. The van der Waals surface area contributed by atoms with Crippen molar-refractivity contribution in [3.05, 3.63) is 23.8 Å². The molecule has 0 aliphatic heterocycles. The highest BCUT2D eigenvalue weighted by Gasteiger charge is 2.49. The van der Waals surface area contributed by atoms with Gasteiger partial charge in [0.25, 0.3) is 0 Å². The van der Waals surface area contributed by atoms with E-state index in [-0.39, 0.29) is 11.5 Å². The van der Waals surface area contributed by atoms with Gasteiger partial charge in [-0.05, 0) is 50.0 Å². The lowest BCUT2D eigenvalue weighted by molar-refractivity contribution is 0.203. The van der Waals surface area contributed by atoms with Crippen LogP contribution >= 0.6 is 0 Å². The van der Waals surface area contributed by atoms with Gasteiger partial charge in [-0.15, -0.1) is 0 Å². The number of aliphatic hydroxyl groups excluding tert-OH is 1. The maximum atomic E-state index is 9.86. The van der Waals surface area contributed by atoms with Crippen LogP contribution in [0.3, 0.4) is 0 Å². The molecule has 1 N–H and O–H groups in total. The minimum atomic E-state index is -0.274. The van der Waals surface area contributed by atoms with Crippen LogP contribution in [0.2, 0.25) is 0 Å². The number of hydrogen-bond acceptors (Lipinski definition) is 1. The molecule has 4 atom stereocenters. The molecular formula is C15H24O. The van der Waals surface area contributed by atoms with Gasteiger partial charge in [-0.2, -0.15) is 0 Å². The summed E-state index contributed by atoms with van der Waals surface area (Å²) in [5.41, 5.74) is 2.69. The van der Waals surface area contributed by atoms with Crippen LogP contribution < -0.4 is 0 Å². The molecule has 1 nitrogen and oxygen atoms in total. The summed E-state index contributed by atoms with van der Waals surface area (Å²) in [5, 5.41) is 9.86. The van der Waals surface area contributed by atoms with Crippen molar-refractivity contribution in [1.29, 1.82) is 0 Å². The Kier molecular flexibility index (Phi) is 3.00. The number of fused-ring (bicyclic) bond motifs is 2. The Morgan fingerprint density at radius 3 is 2.81 bits per heavy atom. The molecule has 0 saturated heterocycles. The van der Waals surface area contributed by atoms with E-state index in [0.717, 1.165) is 23.8 Å². The predicted molar refractivity (Wildman–Crippen MR) is 68.1 cm³/mol. The molecule has 2 aliphatic rings. The monoisotopic (exact) mass is 220 g/mol.